The molecule has 37 heavy (non-hydrogen) atoms. The molecule has 3 unspecified atom stereocenters. The number of methoxy groups -OCH3 is 1. The lowest BCUT2D eigenvalue weighted by atomic mass is 9.71. The topological polar surface area (TPSA) is 86.6 Å². The highest BCUT2D eigenvalue weighted by Crippen LogP contribution is 2.48. The Morgan fingerprint density at radius 1 is 1.16 bits per heavy atom. The molecule has 0 amide bonds. The summed E-state index contributed by atoms with van der Waals surface area (Å²) in [6.45, 7) is 11.6. The van der Waals surface area contributed by atoms with E-state index in [2.05, 4.69) is 22.6 Å². The van der Waals surface area contributed by atoms with E-state index in [4.69, 9.17) is 19.2 Å². The fraction of sp³-hybridized carbons (Fsp3) is 0.483. The van der Waals surface area contributed by atoms with Crippen molar-refractivity contribution in [3.05, 3.63) is 60.4 Å². The van der Waals surface area contributed by atoms with Crippen LogP contribution in [0.15, 0.2) is 49.2 Å². The maximum atomic E-state index is 12.0. The van der Waals surface area contributed by atoms with Gasteiger partial charge in [-0.1, -0.05) is 6.08 Å². The number of aliphatic hydroxyl groups excluding tert-OH is 1. The monoisotopic (exact) mass is 505 g/mol. The van der Waals surface area contributed by atoms with E-state index in [9.17, 15) is 5.11 Å². The Bertz CT molecular complexity index is 1240. The van der Waals surface area contributed by atoms with Crippen LogP contribution in [0.25, 0.3) is 10.9 Å². The molecule has 8 nitrogen and oxygen atoms in total. The third-order valence-corrected chi connectivity index (χ3v) is 8.12. The summed E-state index contributed by atoms with van der Waals surface area (Å²) in [4.78, 5) is 13.7. The number of piperidine rings is 3. The third-order valence-electron chi connectivity index (χ3n) is 8.12. The van der Waals surface area contributed by atoms with E-state index >= 15 is 0 Å². The van der Waals surface area contributed by atoms with Gasteiger partial charge in [-0.05, 0) is 49.6 Å². The second-order valence-corrected chi connectivity index (χ2v) is 10.1. The molecular formula is C29H37N4O4+. The summed E-state index contributed by atoms with van der Waals surface area (Å²) in [5.74, 6) is 2.20. The molecule has 2 bridgehead atoms. The SMILES string of the molecule is C=CC1C[N+]2(Cc3cc(OCC)nc(OCC)n3)CCC1C[C@H]2[C@H](O)c1ccnc2ccc(OC)cc12. The van der Waals surface area contributed by atoms with Crippen molar-refractivity contribution in [3.8, 4) is 17.6 Å². The summed E-state index contributed by atoms with van der Waals surface area (Å²) in [5, 5.41) is 12.9. The van der Waals surface area contributed by atoms with Crippen LogP contribution >= 0.6 is 0 Å². The zero-order chi connectivity index (χ0) is 26.0. The van der Waals surface area contributed by atoms with Crippen LogP contribution < -0.4 is 14.2 Å². The number of rotatable bonds is 10. The van der Waals surface area contributed by atoms with Crippen molar-refractivity contribution in [1.82, 2.24) is 15.0 Å². The zero-order valence-electron chi connectivity index (χ0n) is 22.0. The second kappa shape index (κ2) is 10.6. The Kier molecular flexibility index (Phi) is 7.31. The number of pyridine rings is 1. The van der Waals surface area contributed by atoms with Gasteiger partial charge in [0, 0.05) is 36.4 Å². The molecule has 1 N–H and O–H groups in total. The van der Waals surface area contributed by atoms with E-state index < -0.39 is 6.10 Å². The lowest BCUT2D eigenvalue weighted by Gasteiger charge is -2.58. The fourth-order valence-corrected chi connectivity index (χ4v) is 6.39. The second-order valence-electron chi connectivity index (χ2n) is 10.1. The molecule has 0 radical (unpaired) electrons. The van der Waals surface area contributed by atoms with Gasteiger partial charge in [0.2, 0.25) is 5.88 Å². The van der Waals surface area contributed by atoms with E-state index in [0.29, 0.717) is 43.5 Å². The van der Waals surface area contributed by atoms with Gasteiger partial charge in [0.1, 0.15) is 30.1 Å². The maximum Gasteiger partial charge on any atom is 0.320 e. The van der Waals surface area contributed by atoms with Crippen LogP contribution in [0.2, 0.25) is 0 Å². The van der Waals surface area contributed by atoms with Crippen LogP contribution in [0.1, 0.15) is 44.1 Å². The Hall–Kier alpha value is -3.23. The van der Waals surface area contributed by atoms with Crippen LogP contribution in [-0.2, 0) is 6.54 Å². The van der Waals surface area contributed by atoms with Crippen LogP contribution in [0.3, 0.4) is 0 Å². The van der Waals surface area contributed by atoms with Crippen molar-refractivity contribution in [2.45, 2.75) is 45.4 Å². The number of quaternary nitrogens is 1. The van der Waals surface area contributed by atoms with Gasteiger partial charge in [0.25, 0.3) is 0 Å². The standard InChI is InChI=1S/C29H37N4O4/c1-5-19-17-33(18-21-15-27(36-6-2)32-29(31-21)37-7-3)13-11-20(19)14-26(33)28(34)23-10-12-30-25-9-8-22(35-4)16-24(23)25/h5,8-10,12,15-16,19-20,26,28,34H,1,6-7,11,13-14,17-18H2,2-4H3/q+1/t19?,20?,26-,28+,33?/m0/s1. The maximum absolute atomic E-state index is 12.0. The van der Waals surface area contributed by atoms with E-state index in [-0.39, 0.29) is 6.04 Å². The van der Waals surface area contributed by atoms with Crippen molar-refractivity contribution in [2.75, 3.05) is 33.4 Å². The lowest BCUT2D eigenvalue weighted by Crippen LogP contribution is -2.67. The molecule has 0 aliphatic carbocycles. The van der Waals surface area contributed by atoms with Crippen molar-refractivity contribution < 1.29 is 23.8 Å². The minimum atomic E-state index is -0.661. The summed E-state index contributed by atoms with van der Waals surface area (Å²) in [5.41, 5.74) is 2.60. The molecule has 5 atom stereocenters. The Morgan fingerprint density at radius 2 is 2.00 bits per heavy atom. The predicted molar refractivity (Wildman–Crippen MR) is 142 cm³/mol. The molecule has 6 rings (SSSR count). The van der Waals surface area contributed by atoms with Crippen molar-refractivity contribution in [1.29, 1.82) is 0 Å². The first kappa shape index (κ1) is 25.4. The van der Waals surface area contributed by atoms with Gasteiger partial charge in [-0.15, -0.1) is 6.58 Å². The smallest absolute Gasteiger partial charge is 0.320 e. The Morgan fingerprint density at radius 3 is 2.76 bits per heavy atom. The third kappa shape index (κ3) is 4.88. The molecule has 0 saturated carbocycles. The van der Waals surface area contributed by atoms with Gasteiger partial charge in [0.15, 0.2) is 0 Å². The van der Waals surface area contributed by atoms with Crippen LogP contribution in [0, 0.1) is 11.8 Å². The van der Waals surface area contributed by atoms with Gasteiger partial charge in [0.05, 0.1) is 38.9 Å². The lowest BCUT2D eigenvalue weighted by molar-refractivity contribution is -0.985. The summed E-state index contributed by atoms with van der Waals surface area (Å²) in [7, 11) is 1.66. The summed E-state index contributed by atoms with van der Waals surface area (Å²) in [6, 6.07) is 10.0. The molecule has 3 aliphatic heterocycles. The first-order chi connectivity index (χ1) is 18.0. The number of fused-ring (bicyclic) bond motifs is 4. The molecule has 196 valence electrons. The number of hydrogen-bond donors (Lipinski definition) is 1. The summed E-state index contributed by atoms with van der Waals surface area (Å²) < 4.78 is 17.6. The fourth-order valence-electron chi connectivity index (χ4n) is 6.39. The van der Waals surface area contributed by atoms with Gasteiger partial charge in [-0.2, -0.15) is 9.97 Å². The minimum Gasteiger partial charge on any atom is -0.497 e. The van der Waals surface area contributed by atoms with Gasteiger partial charge in [-0.3, -0.25) is 4.98 Å². The number of benzene rings is 1. The first-order valence-electron chi connectivity index (χ1n) is 13.2. The van der Waals surface area contributed by atoms with E-state index in [1.165, 1.54) is 0 Å². The van der Waals surface area contributed by atoms with Crippen molar-refractivity contribution in [2.24, 2.45) is 11.8 Å². The Balaban J connectivity index is 1.55. The number of aliphatic hydroxyl groups is 1. The van der Waals surface area contributed by atoms with Crippen LogP contribution in [0.4, 0.5) is 0 Å². The summed E-state index contributed by atoms with van der Waals surface area (Å²) >= 11 is 0. The zero-order valence-corrected chi connectivity index (χ0v) is 22.0. The van der Waals surface area contributed by atoms with E-state index in [0.717, 1.165) is 58.3 Å². The molecular weight excluding hydrogens is 468 g/mol. The molecule has 1 aromatic carbocycles. The number of aromatic nitrogens is 3. The average molecular weight is 506 g/mol. The van der Waals surface area contributed by atoms with Gasteiger partial charge in [-0.25, -0.2) is 0 Å². The summed E-state index contributed by atoms with van der Waals surface area (Å²) in [6.07, 6.45) is 5.25. The molecule has 2 aromatic heterocycles. The molecule has 3 fully saturated rings. The highest BCUT2D eigenvalue weighted by molar-refractivity contribution is 5.83. The normalized spacial score (nSPS) is 25.6. The number of hydrogen-bond acceptors (Lipinski definition) is 7. The highest BCUT2D eigenvalue weighted by atomic mass is 16.5. The predicted octanol–water partition coefficient (Wildman–Crippen LogP) is 4.48. The first-order valence-corrected chi connectivity index (χ1v) is 13.2. The largest absolute Gasteiger partial charge is 0.497 e. The quantitative estimate of drug-likeness (QED) is 0.321. The molecule has 3 aromatic rings. The van der Waals surface area contributed by atoms with Crippen molar-refractivity contribution in [3.63, 3.8) is 0 Å². The van der Waals surface area contributed by atoms with Crippen LogP contribution in [0.5, 0.6) is 17.6 Å². The molecule has 3 aliphatic rings. The molecule has 5 heterocycles. The van der Waals surface area contributed by atoms with Gasteiger partial charge >= 0.3 is 6.01 Å². The van der Waals surface area contributed by atoms with Crippen LogP contribution in [-0.4, -0.2) is 64.0 Å². The number of ether oxygens (including phenoxy) is 3. The molecule has 0 spiro atoms. The van der Waals surface area contributed by atoms with E-state index in [1.807, 2.05) is 44.2 Å². The minimum absolute atomic E-state index is 0.00723. The molecule has 3 saturated heterocycles. The van der Waals surface area contributed by atoms with Crippen molar-refractivity contribution >= 4 is 10.9 Å². The highest BCUT2D eigenvalue weighted by Gasteiger charge is 2.54. The number of nitrogens with zero attached hydrogens (tertiary/aromatic N) is 4. The Labute approximate surface area is 218 Å². The van der Waals surface area contributed by atoms with Gasteiger partial charge < -0.3 is 23.8 Å². The molecule has 8 heteroatoms. The average Bonchev–Trinajstić information content (AvgIpc) is 2.92. The van der Waals surface area contributed by atoms with E-state index in [1.54, 1.807) is 13.3 Å².